The molecule has 1 fully saturated rings. The van der Waals surface area contributed by atoms with Crippen molar-refractivity contribution < 1.29 is 9.59 Å². The number of carbonyl (C=O) groups excluding carboxylic acids is 2. The lowest BCUT2D eigenvalue weighted by Crippen LogP contribution is -2.40. The summed E-state index contributed by atoms with van der Waals surface area (Å²) in [6.07, 6.45) is 2.25. The predicted molar refractivity (Wildman–Crippen MR) is 109 cm³/mol. The molecule has 1 aliphatic heterocycles. The van der Waals surface area contributed by atoms with Crippen molar-refractivity contribution in [2.45, 2.75) is 44.8 Å². The summed E-state index contributed by atoms with van der Waals surface area (Å²) >= 11 is 0. The number of nitrogens with two attached hydrogens (primary N) is 1. The first-order chi connectivity index (χ1) is 13.5. The zero-order chi connectivity index (χ0) is 19.7. The minimum atomic E-state index is -0.637. The molecule has 28 heavy (non-hydrogen) atoms. The molecular weight excluding hydrogens is 352 g/mol. The summed E-state index contributed by atoms with van der Waals surface area (Å²) in [4.78, 5) is 27.1. The Morgan fingerprint density at radius 3 is 2.39 bits per heavy atom. The molecule has 1 saturated carbocycles. The zero-order valence-corrected chi connectivity index (χ0v) is 15.9. The van der Waals surface area contributed by atoms with E-state index >= 15 is 0 Å². The van der Waals surface area contributed by atoms with Gasteiger partial charge in [0.25, 0.3) is 5.91 Å². The molecule has 1 atom stereocenters. The van der Waals surface area contributed by atoms with Gasteiger partial charge in [-0.25, -0.2) is 0 Å². The highest BCUT2D eigenvalue weighted by atomic mass is 16.2. The van der Waals surface area contributed by atoms with E-state index in [-0.39, 0.29) is 18.4 Å². The SMILES string of the molecule is Cc1ccc(CN(C(=O)C2=NN(c3ccccc3)C(C(N)=O)C2)C2CC2)cc1. The Labute approximate surface area is 164 Å². The van der Waals surface area contributed by atoms with E-state index in [2.05, 4.69) is 29.4 Å². The Bertz CT molecular complexity index is 904. The van der Waals surface area contributed by atoms with E-state index in [1.54, 1.807) is 5.01 Å². The summed E-state index contributed by atoms with van der Waals surface area (Å²) in [5.41, 5.74) is 9.03. The lowest BCUT2D eigenvalue weighted by atomic mass is 10.1. The Balaban J connectivity index is 1.58. The van der Waals surface area contributed by atoms with Crippen LogP contribution in [-0.4, -0.2) is 34.5 Å². The Kier molecular flexibility index (Phi) is 4.86. The molecule has 2 aromatic carbocycles. The van der Waals surface area contributed by atoms with Crippen LogP contribution in [-0.2, 0) is 16.1 Å². The van der Waals surface area contributed by atoms with E-state index in [9.17, 15) is 9.59 Å². The van der Waals surface area contributed by atoms with E-state index in [1.807, 2.05) is 42.2 Å². The topological polar surface area (TPSA) is 79.0 Å². The number of rotatable bonds is 6. The van der Waals surface area contributed by atoms with Crippen LogP contribution in [0.15, 0.2) is 59.7 Å². The van der Waals surface area contributed by atoms with Gasteiger partial charge >= 0.3 is 0 Å². The second-order valence-electron chi connectivity index (χ2n) is 7.50. The van der Waals surface area contributed by atoms with Gasteiger partial charge in [-0.3, -0.25) is 14.6 Å². The number of aryl methyl sites for hydroxylation is 1. The van der Waals surface area contributed by atoms with Crippen LogP contribution in [0.1, 0.15) is 30.4 Å². The van der Waals surface area contributed by atoms with Crippen molar-refractivity contribution in [2.75, 3.05) is 5.01 Å². The van der Waals surface area contributed by atoms with Crippen molar-refractivity contribution in [3.05, 3.63) is 65.7 Å². The molecule has 2 N–H and O–H groups in total. The number of hydrogen-bond acceptors (Lipinski definition) is 4. The molecule has 1 unspecified atom stereocenters. The quantitative estimate of drug-likeness (QED) is 0.842. The zero-order valence-electron chi connectivity index (χ0n) is 15.9. The molecule has 0 spiro atoms. The van der Waals surface area contributed by atoms with Gasteiger partial charge in [-0.05, 0) is 37.5 Å². The third-order valence-electron chi connectivity index (χ3n) is 5.23. The Hall–Kier alpha value is -3.15. The molecule has 4 rings (SSSR count). The van der Waals surface area contributed by atoms with Crippen LogP contribution in [0, 0.1) is 6.92 Å². The fourth-order valence-corrected chi connectivity index (χ4v) is 3.49. The van der Waals surface area contributed by atoms with Gasteiger partial charge in [0.05, 0.1) is 5.69 Å². The molecular formula is C22H24N4O2. The number of amides is 2. The summed E-state index contributed by atoms with van der Waals surface area (Å²) < 4.78 is 0. The van der Waals surface area contributed by atoms with Crippen LogP contribution in [0.5, 0.6) is 0 Å². The third-order valence-corrected chi connectivity index (χ3v) is 5.23. The first kappa shape index (κ1) is 18.2. The first-order valence-corrected chi connectivity index (χ1v) is 9.60. The van der Waals surface area contributed by atoms with E-state index < -0.39 is 11.9 Å². The predicted octanol–water partition coefficient (Wildman–Crippen LogP) is 2.61. The maximum absolute atomic E-state index is 13.3. The largest absolute Gasteiger partial charge is 0.368 e. The smallest absolute Gasteiger partial charge is 0.270 e. The number of hydrogen-bond donors (Lipinski definition) is 1. The molecule has 1 heterocycles. The summed E-state index contributed by atoms with van der Waals surface area (Å²) in [6, 6.07) is 17.2. The second-order valence-corrected chi connectivity index (χ2v) is 7.50. The van der Waals surface area contributed by atoms with Gasteiger partial charge in [-0.15, -0.1) is 0 Å². The van der Waals surface area contributed by atoms with Gasteiger partial charge in [-0.2, -0.15) is 5.10 Å². The van der Waals surface area contributed by atoms with Crippen LogP contribution < -0.4 is 10.7 Å². The highest BCUT2D eigenvalue weighted by Gasteiger charge is 2.40. The van der Waals surface area contributed by atoms with Crippen molar-refractivity contribution >= 4 is 23.2 Å². The van der Waals surface area contributed by atoms with Gasteiger partial charge in [0, 0.05) is 19.0 Å². The normalized spacial score (nSPS) is 18.7. The maximum atomic E-state index is 13.3. The minimum absolute atomic E-state index is 0.104. The van der Waals surface area contributed by atoms with Crippen molar-refractivity contribution in [2.24, 2.45) is 10.8 Å². The summed E-state index contributed by atoms with van der Waals surface area (Å²) in [5, 5.41) is 6.08. The molecule has 1 aliphatic carbocycles. The number of para-hydroxylation sites is 1. The standard InChI is InChI=1S/C22H24N4O2/c1-15-7-9-16(10-8-15)14-25(17-11-12-17)22(28)19-13-20(21(23)27)26(24-19)18-5-3-2-4-6-18/h2-10,17,20H,11-14H2,1H3,(H2,23,27). The van der Waals surface area contributed by atoms with Crippen LogP contribution in [0.4, 0.5) is 5.69 Å². The van der Waals surface area contributed by atoms with E-state index in [0.29, 0.717) is 12.3 Å². The lowest BCUT2D eigenvalue weighted by molar-refractivity contribution is -0.125. The van der Waals surface area contributed by atoms with Gasteiger partial charge in [0.2, 0.25) is 5.91 Å². The van der Waals surface area contributed by atoms with Crippen LogP contribution in [0.25, 0.3) is 0 Å². The molecule has 6 nitrogen and oxygen atoms in total. The Morgan fingerprint density at radius 1 is 1.11 bits per heavy atom. The number of hydrazone groups is 1. The van der Waals surface area contributed by atoms with Crippen molar-refractivity contribution in [1.82, 2.24) is 4.90 Å². The van der Waals surface area contributed by atoms with Gasteiger partial charge in [-0.1, -0.05) is 48.0 Å². The van der Waals surface area contributed by atoms with Gasteiger partial charge in [0.1, 0.15) is 11.8 Å². The van der Waals surface area contributed by atoms with Crippen LogP contribution in [0.2, 0.25) is 0 Å². The number of anilines is 1. The molecule has 6 heteroatoms. The highest BCUT2D eigenvalue weighted by Crippen LogP contribution is 2.31. The molecule has 0 bridgehead atoms. The number of primary amides is 1. The third kappa shape index (κ3) is 3.76. The van der Waals surface area contributed by atoms with E-state index in [0.717, 1.165) is 24.1 Å². The number of carbonyl (C=O) groups is 2. The van der Waals surface area contributed by atoms with Gasteiger partial charge < -0.3 is 10.6 Å². The highest BCUT2D eigenvalue weighted by molar-refractivity contribution is 6.40. The maximum Gasteiger partial charge on any atom is 0.270 e. The summed E-state index contributed by atoms with van der Waals surface area (Å²) in [6.45, 7) is 2.60. The van der Waals surface area contributed by atoms with Crippen LogP contribution >= 0.6 is 0 Å². The molecule has 144 valence electrons. The van der Waals surface area contributed by atoms with Crippen LogP contribution in [0.3, 0.4) is 0 Å². The second kappa shape index (κ2) is 7.46. The van der Waals surface area contributed by atoms with Crippen molar-refractivity contribution in [1.29, 1.82) is 0 Å². The molecule has 2 amide bonds. The molecule has 0 radical (unpaired) electrons. The summed E-state index contributed by atoms with van der Waals surface area (Å²) in [7, 11) is 0. The fourth-order valence-electron chi connectivity index (χ4n) is 3.49. The molecule has 2 aliphatic rings. The average molecular weight is 376 g/mol. The molecule has 0 aromatic heterocycles. The van der Waals surface area contributed by atoms with Crippen molar-refractivity contribution in [3.63, 3.8) is 0 Å². The Morgan fingerprint density at radius 2 is 1.79 bits per heavy atom. The van der Waals surface area contributed by atoms with E-state index in [1.165, 1.54) is 5.56 Å². The van der Waals surface area contributed by atoms with Gasteiger partial charge in [0.15, 0.2) is 0 Å². The first-order valence-electron chi connectivity index (χ1n) is 9.60. The summed E-state index contributed by atoms with van der Waals surface area (Å²) in [5.74, 6) is -0.584. The molecule has 2 aromatic rings. The lowest BCUT2D eigenvalue weighted by Gasteiger charge is -2.22. The monoisotopic (exact) mass is 376 g/mol. The average Bonchev–Trinajstić information content (AvgIpc) is 3.44. The number of benzene rings is 2. The van der Waals surface area contributed by atoms with E-state index in [4.69, 9.17) is 5.73 Å². The number of nitrogens with zero attached hydrogens (tertiary/aromatic N) is 3. The minimum Gasteiger partial charge on any atom is -0.368 e. The fraction of sp³-hybridized carbons (Fsp3) is 0.318. The molecule has 0 saturated heterocycles. The van der Waals surface area contributed by atoms with Crippen molar-refractivity contribution in [3.8, 4) is 0 Å².